The molecule has 4 amide bonds. The summed E-state index contributed by atoms with van der Waals surface area (Å²) in [5, 5.41) is 3.47. The highest BCUT2D eigenvalue weighted by Gasteiger charge is 2.47. The monoisotopic (exact) mass is 336 g/mol. The molecule has 0 aromatic heterocycles. The second kappa shape index (κ2) is 6.35. The Morgan fingerprint density at radius 3 is 2.54 bits per heavy atom. The van der Waals surface area contributed by atoms with E-state index < -0.39 is 17.5 Å². The largest absolute Gasteiger partial charge is 0.344 e. The second-order valence-electron chi connectivity index (χ2n) is 7.81. The highest BCUT2D eigenvalue weighted by Crippen LogP contribution is 2.43. The molecule has 0 unspecified atom stereocenters. The Morgan fingerprint density at radius 1 is 1.21 bits per heavy atom. The summed E-state index contributed by atoms with van der Waals surface area (Å²) in [6, 6.07) is -0.553. The van der Waals surface area contributed by atoms with Crippen molar-refractivity contribution >= 4 is 17.8 Å². The van der Waals surface area contributed by atoms with Gasteiger partial charge in [-0.3, -0.25) is 19.9 Å². The first kappa shape index (κ1) is 17.2. The first-order valence-corrected chi connectivity index (χ1v) is 9.06. The van der Waals surface area contributed by atoms with Crippen molar-refractivity contribution < 1.29 is 14.4 Å². The second-order valence-corrected chi connectivity index (χ2v) is 7.81. The van der Waals surface area contributed by atoms with Gasteiger partial charge in [0.2, 0.25) is 0 Å². The number of carbonyl (C=O) groups is 3. The number of hydrogen-bond acceptors (Lipinski definition) is 4. The Balaban J connectivity index is 1.53. The van der Waals surface area contributed by atoms with Crippen LogP contribution in [0.1, 0.15) is 58.8 Å². The van der Waals surface area contributed by atoms with Crippen molar-refractivity contribution in [2.24, 2.45) is 5.41 Å². The Kier molecular flexibility index (Phi) is 4.55. The van der Waals surface area contributed by atoms with E-state index in [1.54, 1.807) is 6.92 Å². The zero-order valence-corrected chi connectivity index (χ0v) is 14.7. The molecule has 2 N–H and O–H groups in total. The molecule has 24 heavy (non-hydrogen) atoms. The molecule has 2 saturated heterocycles. The first-order chi connectivity index (χ1) is 11.4. The number of hydrazine groups is 1. The number of amides is 4. The molecule has 1 spiro atoms. The number of urea groups is 1. The third kappa shape index (κ3) is 3.14. The van der Waals surface area contributed by atoms with Crippen LogP contribution in [-0.2, 0) is 9.59 Å². The zero-order valence-electron chi connectivity index (χ0n) is 14.7. The van der Waals surface area contributed by atoms with Gasteiger partial charge >= 0.3 is 6.03 Å². The zero-order chi connectivity index (χ0) is 17.4. The SMILES string of the molecule is CC[C@@]1(C)NC(=O)N(NC(=O)CN2CCC3(CCCCC3)C2)C1=O. The number of hydrogen-bond donors (Lipinski definition) is 2. The van der Waals surface area contributed by atoms with Gasteiger partial charge in [-0.05, 0) is 44.6 Å². The summed E-state index contributed by atoms with van der Waals surface area (Å²) in [6.45, 7) is 5.61. The van der Waals surface area contributed by atoms with Gasteiger partial charge in [0.05, 0.1) is 6.54 Å². The summed E-state index contributed by atoms with van der Waals surface area (Å²) in [6.07, 6.45) is 8.05. The predicted octanol–water partition coefficient (Wildman–Crippen LogP) is 1.39. The van der Waals surface area contributed by atoms with Crippen LogP contribution in [0, 0.1) is 5.41 Å². The molecule has 0 bridgehead atoms. The maximum atomic E-state index is 12.3. The van der Waals surface area contributed by atoms with E-state index in [1.165, 1.54) is 32.1 Å². The average Bonchev–Trinajstić information content (AvgIpc) is 3.02. The van der Waals surface area contributed by atoms with E-state index in [-0.39, 0.29) is 12.5 Å². The van der Waals surface area contributed by atoms with Crippen molar-refractivity contribution in [3.05, 3.63) is 0 Å². The predicted molar refractivity (Wildman–Crippen MR) is 88.8 cm³/mol. The lowest BCUT2D eigenvalue weighted by Gasteiger charge is -2.33. The molecule has 1 saturated carbocycles. The van der Waals surface area contributed by atoms with Gasteiger partial charge in [0, 0.05) is 6.54 Å². The van der Waals surface area contributed by atoms with Crippen LogP contribution in [-0.4, -0.2) is 52.9 Å². The lowest BCUT2D eigenvalue weighted by molar-refractivity contribution is -0.139. The minimum Gasteiger partial charge on any atom is -0.322 e. The fourth-order valence-electron chi connectivity index (χ4n) is 4.26. The van der Waals surface area contributed by atoms with Crippen LogP contribution in [0.3, 0.4) is 0 Å². The van der Waals surface area contributed by atoms with Gasteiger partial charge in [0.1, 0.15) is 5.54 Å². The Labute approximate surface area is 143 Å². The van der Waals surface area contributed by atoms with Gasteiger partial charge in [-0.2, -0.15) is 5.01 Å². The number of rotatable bonds is 4. The third-order valence-corrected chi connectivity index (χ3v) is 6.00. The normalized spacial score (nSPS) is 30.0. The van der Waals surface area contributed by atoms with E-state index in [2.05, 4.69) is 15.6 Å². The number of imide groups is 1. The fraction of sp³-hybridized carbons (Fsp3) is 0.824. The smallest absolute Gasteiger partial charge is 0.322 e. The maximum Gasteiger partial charge on any atom is 0.344 e. The van der Waals surface area contributed by atoms with Crippen LogP contribution < -0.4 is 10.7 Å². The highest BCUT2D eigenvalue weighted by atomic mass is 16.2. The maximum absolute atomic E-state index is 12.3. The number of nitrogens with one attached hydrogen (secondary N) is 2. The number of likely N-dealkylation sites (tertiary alicyclic amines) is 1. The van der Waals surface area contributed by atoms with Crippen LogP contribution in [0.15, 0.2) is 0 Å². The van der Waals surface area contributed by atoms with E-state index >= 15 is 0 Å². The molecule has 3 aliphatic rings. The lowest BCUT2D eigenvalue weighted by Crippen LogP contribution is -2.51. The van der Waals surface area contributed by atoms with Crippen LogP contribution in [0.2, 0.25) is 0 Å². The fourth-order valence-corrected chi connectivity index (χ4v) is 4.26. The average molecular weight is 336 g/mol. The molecule has 134 valence electrons. The Bertz CT molecular complexity index is 544. The number of carbonyl (C=O) groups excluding carboxylic acids is 3. The summed E-state index contributed by atoms with van der Waals surface area (Å²) in [4.78, 5) is 38.7. The standard InChI is InChI=1S/C17H28N4O3/c1-3-16(2)14(23)21(15(24)18-16)19-13(22)11-20-10-9-17(12-20)7-5-4-6-8-17/h3-12H2,1-2H3,(H,18,24)(H,19,22)/t16-/m1/s1. The molecule has 1 aliphatic carbocycles. The minimum atomic E-state index is -0.926. The lowest BCUT2D eigenvalue weighted by atomic mass is 9.73. The molecule has 1 atom stereocenters. The van der Waals surface area contributed by atoms with E-state index in [4.69, 9.17) is 0 Å². The summed E-state index contributed by atoms with van der Waals surface area (Å²) >= 11 is 0. The van der Waals surface area contributed by atoms with Gasteiger partial charge in [0.15, 0.2) is 0 Å². The van der Waals surface area contributed by atoms with Gasteiger partial charge in [-0.1, -0.05) is 26.2 Å². The molecule has 3 fully saturated rings. The van der Waals surface area contributed by atoms with Crippen molar-refractivity contribution in [1.82, 2.24) is 20.7 Å². The first-order valence-electron chi connectivity index (χ1n) is 9.06. The summed E-state index contributed by atoms with van der Waals surface area (Å²) in [5.41, 5.74) is 1.94. The quantitative estimate of drug-likeness (QED) is 0.760. The number of nitrogens with zero attached hydrogens (tertiary/aromatic N) is 2. The molecule has 2 aliphatic heterocycles. The topological polar surface area (TPSA) is 81.8 Å². The molecular weight excluding hydrogens is 308 g/mol. The Morgan fingerprint density at radius 2 is 1.92 bits per heavy atom. The molecule has 0 aromatic carbocycles. The molecule has 0 radical (unpaired) electrons. The van der Waals surface area contributed by atoms with E-state index in [9.17, 15) is 14.4 Å². The van der Waals surface area contributed by atoms with E-state index in [1.807, 2.05) is 6.92 Å². The van der Waals surface area contributed by atoms with Crippen molar-refractivity contribution in [2.45, 2.75) is 64.3 Å². The Hall–Kier alpha value is -1.63. The van der Waals surface area contributed by atoms with E-state index in [0.717, 1.165) is 24.5 Å². The van der Waals surface area contributed by atoms with Gasteiger partial charge in [-0.25, -0.2) is 4.79 Å². The molecule has 2 heterocycles. The van der Waals surface area contributed by atoms with Gasteiger partial charge < -0.3 is 5.32 Å². The molecule has 7 heteroatoms. The minimum absolute atomic E-state index is 0.238. The summed E-state index contributed by atoms with van der Waals surface area (Å²) in [7, 11) is 0. The van der Waals surface area contributed by atoms with Crippen molar-refractivity contribution in [3.8, 4) is 0 Å². The van der Waals surface area contributed by atoms with Crippen LogP contribution >= 0.6 is 0 Å². The van der Waals surface area contributed by atoms with Crippen molar-refractivity contribution in [1.29, 1.82) is 0 Å². The van der Waals surface area contributed by atoms with Gasteiger partial charge in [-0.15, -0.1) is 0 Å². The highest BCUT2D eigenvalue weighted by molar-refractivity contribution is 6.07. The summed E-state index contributed by atoms with van der Waals surface area (Å²) < 4.78 is 0. The third-order valence-electron chi connectivity index (χ3n) is 6.00. The molecule has 0 aromatic rings. The van der Waals surface area contributed by atoms with Crippen LogP contribution in [0.4, 0.5) is 4.79 Å². The van der Waals surface area contributed by atoms with Crippen LogP contribution in [0.25, 0.3) is 0 Å². The molecular formula is C17H28N4O3. The van der Waals surface area contributed by atoms with Crippen molar-refractivity contribution in [2.75, 3.05) is 19.6 Å². The van der Waals surface area contributed by atoms with Gasteiger partial charge in [0.25, 0.3) is 11.8 Å². The molecule has 3 rings (SSSR count). The van der Waals surface area contributed by atoms with Crippen molar-refractivity contribution in [3.63, 3.8) is 0 Å². The van der Waals surface area contributed by atoms with Crippen LogP contribution in [0.5, 0.6) is 0 Å². The molecule has 7 nitrogen and oxygen atoms in total. The van der Waals surface area contributed by atoms with E-state index in [0.29, 0.717) is 11.8 Å². The summed E-state index contributed by atoms with van der Waals surface area (Å²) in [5.74, 6) is -0.694.